The van der Waals surface area contributed by atoms with Gasteiger partial charge in [-0.2, -0.15) is 0 Å². The minimum atomic E-state index is -0.354. The number of methoxy groups -OCH3 is 1. The highest BCUT2D eigenvalue weighted by Gasteiger charge is 2.20. The fourth-order valence-corrected chi connectivity index (χ4v) is 3.59. The number of fused-ring (bicyclic) bond motifs is 3. The van der Waals surface area contributed by atoms with Crippen molar-refractivity contribution in [1.82, 2.24) is 19.6 Å². The second-order valence-corrected chi connectivity index (χ2v) is 7.02. The van der Waals surface area contributed by atoms with Crippen molar-refractivity contribution >= 4 is 40.2 Å². The van der Waals surface area contributed by atoms with Crippen LogP contribution < -0.4 is 10.1 Å². The minimum absolute atomic E-state index is 0.125. The Morgan fingerprint density at radius 1 is 1.23 bits per heavy atom. The number of anilines is 1. The van der Waals surface area contributed by atoms with Crippen molar-refractivity contribution in [2.45, 2.75) is 17.3 Å². The monoisotopic (exact) mass is 367 g/mol. The standard InChI is InChI=1S/C18H17N5O2S/c1-11(16(24)19-13-8-4-6-10-15(13)25-2)26-18-22-21-17-20-12-7-3-5-9-14(12)23(17)18/h3-11H,1-2H3,(H,19,24)(H,20,21)/t11-/m1/s1. The molecule has 7 nitrogen and oxygen atoms in total. The first-order valence-electron chi connectivity index (χ1n) is 8.09. The molecular formula is C18H17N5O2S. The van der Waals surface area contributed by atoms with E-state index in [2.05, 4.69) is 20.5 Å². The van der Waals surface area contributed by atoms with Gasteiger partial charge in [-0.25, -0.2) is 10.1 Å². The van der Waals surface area contributed by atoms with E-state index >= 15 is 0 Å². The quantitative estimate of drug-likeness (QED) is 0.529. The molecule has 8 heteroatoms. The average Bonchev–Trinajstić information content (AvgIpc) is 3.22. The zero-order valence-electron chi connectivity index (χ0n) is 14.3. The lowest BCUT2D eigenvalue weighted by Crippen LogP contribution is -2.23. The van der Waals surface area contributed by atoms with Gasteiger partial charge in [0.25, 0.3) is 0 Å². The number of aromatic amines is 1. The number of aromatic nitrogens is 4. The van der Waals surface area contributed by atoms with E-state index in [-0.39, 0.29) is 11.2 Å². The molecule has 26 heavy (non-hydrogen) atoms. The molecule has 0 radical (unpaired) electrons. The fraction of sp³-hybridized carbons (Fsp3) is 0.167. The van der Waals surface area contributed by atoms with Gasteiger partial charge in [0, 0.05) is 0 Å². The number of H-pyrrole nitrogens is 1. The lowest BCUT2D eigenvalue weighted by Gasteiger charge is -2.13. The number of thioether (sulfide) groups is 1. The van der Waals surface area contributed by atoms with Crippen molar-refractivity contribution in [3.05, 3.63) is 48.5 Å². The fourth-order valence-electron chi connectivity index (χ4n) is 2.72. The molecule has 4 aromatic rings. The summed E-state index contributed by atoms with van der Waals surface area (Å²) in [6.45, 7) is 1.84. The Labute approximate surface area is 153 Å². The van der Waals surface area contributed by atoms with Crippen molar-refractivity contribution in [1.29, 1.82) is 0 Å². The first kappa shape index (κ1) is 16.5. The molecule has 2 aromatic heterocycles. The van der Waals surface area contributed by atoms with Crippen LogP contribution in [0, 0.1) is 0 Å². The maximum absolute atomic E-state index is 12.6. The summed E-state index contributed by atoms with van der Waals surface area (Å²) < 4.78 is 7.20. The van der Waals surface area contributed by atoms with Gasteiger partial charge in [0.2, 0.25) is 11.7 Å². The maximum atomic E-state index is 12.6. The van der Waals surface area contributed by atoms with Gasteiger partial charge < -0.3 is 10.1 Å². The molecule has 0 saturated heterocycles. The van der Waals surface area contributed by atoms with Crippen LogP contribution in [0.2, 0.25) is 0 Å². The molecule has 0 saturated carbocycles. The van der Waals surface area contributed by atoms with Crippen LogP contribution >= 0.6 is 11.8 Å². The van der Waals surface area contributed by atoms with Crippen LogP contribution in [0.3, 0.4) is 0 Å². The molecule has 1 amide bonds. The molecule has 132 valence electrons. The highest BCUT2D eigenvalue weighted by molar-refractivity contribution is 8.00. The van der Waals surface area contributed by atoms with Gasteiger partial charge in [0.15, 0.2) is 5.16 Å². The molecular weight excluding hydrogens is 350 g/mol. The molecule has 0 fully saturated rings. The van der Waals surface area contributed by atoms with Gasteiger partial charge in [-0.1, -0.05) is 36.0 Å². The Hall–Kier alpha value is -3.00. The molecule has 0 aliphatic carbocycles. The third-order valence-corrected chi connectivity index (χ3v) is 5.07. The van der Waals surface area contributed by atoms with E-state index in [9.17, 15) is 4.79 Å². The summed E-state index contributed by atoms with van der Waals surface area (Å²) in [5, 5.41) is 10.5. The van der Waals surface area contributed by atoms with Crippen LogP contribution in [-0.4, -0.2) is 37.8 Å². The predicted octanol–water partition coefficient (Wildman–Crippen LogP) is 3.34. The molecule has 2 aromatic carbocycles. The first-order chi connectivity index (χ1) is 12.7. The van der Waals surface area contributed by atoms with Gasteiger partial charge >= 0.3 is 0 Å². The van der Waals surface area contributed by atoms with Gasteiger partial charge in [-0.3, -0.25) is 9.20 Å². The molecule has 0 spiro atoms. The minimum Gasteiger partial charge on any atom is -0.495 e. The normalized spacial score (nSPS) is 12.4. The Morgan fingerprint density at radius 2 is 2.00 bits per heavy atom. The molecule has 1 atom stereocenters. The number of nitrogens with zero attached hydrogens (tertiary/aromatic N) is 3. The predicted molar refractivity (Wildman–Crippen MR) is 102 cm³/mol. The number of nitrogens with one attached hydrogen (secondary N) is 2. The van der Waals surface area contributed by atoms with Crippen molar-refractivity contribution in [2.75, 3.05) is 12.4 Å². The van der Waals surface area contributed by atoms with Gasteiger partial charge in [-0.15, -0.1) is 5.10 Å². The van der Waals surface area contributed by atoms with Crippen LogP contribution in [0.1, 0.15) is 6.92 Å². The van der Waals surface area contributed by atoms with Crippen LogP contribution in [0.4, 0.5) is 5.69 Å². The number of hydrogen-bond acceptors (Lipinski definition) is 5. The number of carbonyl (C=O) groups excluding carboxylic acids is 1. The maximum Gasteiger partial charge on any atom is 0.237 e. The van der Waals surface area contributed by atoms with Crippen LogP contribution in [0.5, 0.6) is 5.75 Å². The SMILES string of the molecule is COc1ccccc1NC(=O)[C@@H](C)Sc1n[nH]c2nc3ccccc3n12. The summed E-state index contributed by atoms with van der Waals surface area (Å²) in [5.74, 6) is 1.16. The molecule has 0 aliphatic rings. The first-order valence-corrected chi connectivity index (χ1v) is 8.97. The lowest BCUT2D eigenvalue weighted by atomic mass is 10.3. The Balaban J connectivity index is 1.57. The van der Waals surface area contributed by atoms with Gasteiger partial charge in [0.1, 0.15) is 5.75 Å². The summed E-state index contributed by atoms with van der Waals surface area (Å²) >= 11 is 1.37. The highest BCUT2D eigenvalue weighted by Crippen LogP contribution is 2.28. The summed E-state index contributed by atoms with van der Waals surface area (Å²) in [6.07, 6.45) is 0. The summed E-state index contributed by atoms with van der Waals surface area (Å²) in [7, 11) is 1.58. The average molecular weight is 367 g/mol. The zero-order chi connectivity index (χ0) is 18.1. The Kier molecular flexibility index (Phi) is 4.26. The van der Waals surface area contributed by atoms with Crippen molar-refractivity contribution in [3.63, 3.8) is 0 Å². The molecule has 4 rings (SSSR count). The van der Waals surface area contributed by atoms with E-state index in [0.29, 0.717) is 22.4 Å². The largest absolute Gasteiger partial charge is 0.495 e. The van der Waals surface area contributed by atoms with Crippen molar-refractivity contribution in [3.8, 4) is 5.75 Å². The topological polar surface area (TPSA) is 84.3 Å². The van der Waals surface area contributed by atoms with Crippen LogP contribution in [-0.2, 0) is 4.79 Å². The third-order valence-electron chi connectivity index (χ3n) is 4.02. The molecule has 2 heterocycles. The van der Waals surface area contributed by atoms with Crippen molar-refractivity contribution in [2.24, 2.45) is 0 Å². The molecule has 0 aliphatic heterocycles. The highest BCUT2D eigenvalue weighted by atomic mass is 32.2. The number of rotatable bonds is 5. The number of amides is 1. The smallest absolute Gasteiger partial charge is 0.237 e. The van der Waals surface area contributed by atoms with E-state index in [1.54, 1.807) is 7.11 Å². The summed E-state index contributed by atoms with van der Waals surface area (Å²) in [4.78, 5) is 17.1. The van der Waals surface area contributed by atoms with E-state index < -0.39 is 0 Å². The number of imidazole rings is 1. The van der Waals surface area contributed by atoms with E-state index in [0.717, 1.165) is 11.0 Å². The zero-order valence-corrected chi connectivity index (χ0v) is 15.1. The number of ether oxygens (including phenoxy) is 1. The second-order valence-electron chi connectivity index (χ2n) is 5.72. The molecule has 0 unspecified atom stereocenters. The Morgan fingerprint density at radius 3 is 2.85 bits per heavy atom. The number of carbonyl (C=O) groups is 1. The van der Waals surface area contributed by atoms with E-state index in [1.165, 1.54) is 11.8 Å². The second kappa shape index (κ2) is 6.72. The Bertz CT molecular complexity index is 1090. The van der Waals surface area contributed by atoms with E-state index in [4.69, 9.17) is 4.74 Å². The van der Waals surface area contributed by atoms with Crippen LogP contribution in [0.25, 0.3) is 16.8 Å². The van der Waals surface area contributed by atoms with Crippen molar-refractivity contribution < 1.29 is 9.53 Å². The van der Waals surface area contributed by atoms with Gasteiger partial charge in [0.05, 0.1) is 29.1 Å². The van der Waals surface area contributed by atoms with Gasteiger partial charge in [-0.05, 0) is 31.2 Å². The number of benzene rings is 2. The van der Waals surface area contributed by atoms with Crippen LogP contribution in [0.15, 0.2) is 53.7 Å². The lowest BCUT2D eigenvalue weighted by molar-refractivity contribution is -0.115. The number of hydrogen-bond donors (Lipinski definition) is 2. The summed E-state index contributed by atoms with van der Waals surface area (Å²) in [5.41, 5.74) is 2.48. The summed E-state index contributed by atoms with van der Waals surface area (Å²) in [6, 6.07) is 15.2. The molecule has 0 bridgehead atoms. The number of para-hydroxylation sites is 4. The van der Waals surface area contributed by atoms with E-state index in [1.807, 2.05) is 59.9 Å². The third kappa shape index (κ3) is 2.88. The molecule has 2 N–H and O–H groups in total.